The van der Waals surface area contributed by atoms with Gasteiger partial charge in [-0.3, -0.25) is 0 Å². The highest BCUT2D eigenvalue weighted by Gasteiger charge is 2.33. The van der Waals surface area contributed by atoms with Gasteiger partial charge in [-0.25, -0.2) is 19.2 Å². The summed E-state index contributed by atoms with van der Waals surface area (Å²) in [5.41, 5.74) is 0.398. The first-order valence-electron chi connectivity index (χ1n) is 7.10. The minimum Gasteiger partial charge on any atom is -0.508 e. The van der Waals surface area contributed by atoms with Crippen LogP contribution in [0.2, 0.25) is 0 Å². The summed E-state index contributed by atoms with van der Waals surface area (Å²) in [6.07, 6.45) is -0.0544. The van der Waals surface area contributed by atoms with Crippen molar-refractivity contribution in [2.24, 2.45) is 0 Å². The van der Waals surface area contributed by atoms with Crippen LogP contribution in [0.1, 0.15) is 52.6 Å². The molecule has 2 aliphatic heterocycles. The Kier molecular flexibility index (Phi) is 2.92. The largest absolute Gasteiger partial charge is 0.508 e. The van der Waals surface area contributed by atoms with Gasteiger partial charge in [0.1, 0.15) is 11.5 Å². The fourth-order valence-corrected chi connectivity index (χ4v) is 2.82. The van der Waals surface area contributed by atoms with Gasteiger partial charge in [-0.15, -0.1) is 0 Å². The monoisotopic (exact) mass is 340 g/mol. The molecule has 2 aliphatic rings. The summed E-state index contributed by atoms with van der Waals surface area (Å²) in [5.74, 6) is -3.89. The van der Waals surface area contributed by atoms with E-state index in [-0.39, 0.29) is 51.3 Å². The predicted octanol–water partition coefficient (Wildman–Crippen LogP) is 1.31. The van der Waals surface area contributed by atoms with Crippen LogP contribution >= 0.6 is 0 Å². The van der Waals surface area contributed by atoms with E-state index in [1.54, 1.807) is 0 Å². The number of hydrogen-bond acceptors (Lipinski definition) is 8. The maximum Gasteiger partial charge on any atom is 0.347 e. The molecule has 2 N–H and O–H groups in total. The Labute approximate surface area is 139 Å². The average molecular weight is 340 g/mol. The molecule has 0 saturated heterocycles. The van der Waals surface area contributed by atoms with Gasteiger partial charge in [-0.1, -0.05) is 0 Å². The SMILES string of the molecule is O=C1OC(=O)c2cc(Cc3cc4c(cc3O)C(=O)OC4=O)c(O)cc21. The normalized spacial score (nSPS) is 15.0. The van der Waals surface area contributed by atoms with Gasteiger partial charge in [0.05, 0.1) is 22.3 Å². The first kappa shape index (κ1) is 14.9. The molecule has 8 nitrogen and oxygen atoms in total. The minimum atomic E-state index is -0.844. The number of phenolic OH excluding ortho intramolecular Hbond substituents is 2. The fourth-order valence-electron chi connectivity index (χ4n) is 2.82. The number of phenols is 2. The Morgan fingerprint density at radius 3 is 1.28 bits per heavy atom. The van der Waals surface area contributed by atoms with E-state index < -0.39 is 23.9 Å². The minimum absolute atomic E-state index is 0.00744. The van der Waals surface area contributed by atoms with Crippen LogP contribution < -0.4 is 0 Å². The van der Waals surface area contributed by atoms with Crippen molar-refractivity contribution < 1.29 is 38.9 Å². The molecule has 8 heteroatoms. The van der Waals surface area contributed by atoms with Crippen LogP contribution in [0.15, 0.2) is 24.3 Å². The maximum absolute atomic E-state index is 11.6. The summed E-state index contributed by atoms with van der Waals surface area (Å²) in [6, 6.07) is 4.79. The molecule has 0 spiro atoms. The standard InChI is InChI=1S/C17H8O8/c18-12-4-10-8(14(20)24-16(10)22)2-6(12)1-7-3-9-11(5-13(7)19)17(23)25-15(9)21/h2-5,18-19H,1H2. The van der Waals surface area contributed by atoms with Crippen LogP contribution in [-0.4, -0.2) is 34.1 Å². The Balaban J connectivity index is 1.77. The first-order valence-corrected chi connectivity index (χ1v) is 7.10. The number of ether oxygens (including phenoxy) is 2. The van der Waals surface area contributed by atoms with Crippen LogP contribution in [0.5, 0.6) is 11.5 Å². The zero-order chi connectivity index (χ0) is 17.9. The second-order valence-corrected chi connectivity index (χ2v) is 5.58. The Bertz CT molecular complexity index is 936. The van der Waals surface area contributed by atoms with Gasteiger partial charge in [-0.2, -0.15) is 0 Å². The molecule has 4 rings (SSSR count). The number of carbonyl (C=O) groups is 4. The molecule has 0 atom stereocenters. The zero-order valence-corrected chi connectivity index (χ0v) is 12.4. The maximum atomic E-state index is 11.6. The number of carbonyl (C=O) groups excluding carboxylic acids is 4. The molecule has 2 aromatic carbocycles. The highest BCUT2D eigenvalue weighted by atomic mass is 16.6. The topological polar surface area (TPSA) is 127 Å². The van der Waals surface area contributed by atoms with Crippen molar-refractivity contribution in [1.82, 2.24) is 0 Å². The summed E-state index contributed by atoms with van der Waals surface area (Å²) < 4.78 is 8.93. The molecule has 0 unspecified atom stereocenters. The van der Waals surface area contributed by atoms with E-state index in [0.29, 0.717) is 0 Å². The Morgan fingerprint density at radius 1 is 0.600 bits per heavy atom. The molecule has 2 heterocycles. The van der Waals surface area contributed by atoms with Crippen molar-refractivity contribution in [3.8, 4) is 11.5 Å². The van der Waals surface area contributed by atoms with E-state index in [0.717, 1.165) is 12.1 Å². The quantitative estimate of drug-likeness (QED) is 0.619. The molecule has 25 heavy (non-hydrogen) atoms. The molecule has 0 saturated carbocycles. The summed E-state index contributed by atoms with van der Waals surface area (Å²) in [6.45, 7) is 0. The molecule has 0 aliphatic carbocycles. The van der Waals surface area contributed by atoms with Crippen LogP contribution in [-0.2, 0) is 15.9 Å². The second kappa shape index (κ2) is 4.91. The van der Waals surface area contributed by atoms with Crippen molar-refractivity contribution in [2.75, 3.05) is 0 Å². The number of esters is 4. The van der Waals surface area contributed by atoms with Gasteiger partial charge in [0, 0.05) is 6.42 Å². The zero-order valence-electron chi connectivity index (χ0n) is 12.4. The predicted molar refractivity (Wildman–Crippen MR) is 78.5 cm³/mol. The molecular weight excluding hydrogens is 332 g/mol. The molecule has 2 aromatic rings. The third-order valence-corrected chi connectivity index (χ3v) is 4.07. The lowest BCUT2D eigenvalue weighted by Gasteiger charge is -2.09. The number of rotatable bonds is 2. The van der Waals surface area contributed by atoms with E-state index in [1.165, 1.54) is 12.1 Å². The van der Waals surface area contributed by atoms with Crippen molar-refractivity contribution in [2.45, 2.75) is 6.42 Å². The first-order chi connectivity index (χ1) is 11.8. The van der Waals surface area contributed by atoms with E-state index >= 15 is 0 Å². The van der Waals surface area contributed by atoms with Crippen LogP contribution in [0.4, 0.5) is 0 Å². The van der Waals surface area contributed by atoms with E-state index in [9.17, 15) is 29.4 Å². The van der Waals surface area contributed by atoms with Crippen molar-refractivity contribution in [3.63, 3.8) is 0 Å². The lowest BCUT2D eigenvalue weighted by atomic mass is 9.96. The Morgan fingerprint density at radius 2 is 0.920 bits per heavy atom. The van der Waals surface area contributed by atoms with E-state index in [1.807, 2.05) is 0 Å². The number of aromatic hydroxyl groups is 2. The molecule has 124 valence electrons. The van der Waals surface area contributed by atoms with Gasteiger partial charge < -0.3 is 19.7 Å². The van der Waals surface area contributed by atoms with Crippen molar-refractivity contribution in [1.29, 1.82) is 0 Å². The summed E-state index contributed by atoms with van der Waals surface area (Å²) in [7, 11) is 0. The molecular formula is C17H8O8. The summed E-state index contributed by atoms with van der Waals surface area (Å²) in [5, 5.41) is 20.1. The summed E-state index contributed by atoms with van der Waals surface area (Å²) >= 11 is 0. The average Bonchev–Trinajstić information content (AvgIpc) is 2.97. The second-order valence-electron chi connectivity index (χ2n) is 5.58. The number of fused-ring (bicyclic) bond motifs is 2. The highest BCUT2D eigenvalue weighted by molar-refractivity contribution is 6.15. The lowest BCUT2D eigenvalue weighted by Crippen LogP contribution is -1.99. The molecule has 0 amide bonds. The van der Waals surface area contributed by atoms with Gasteiger partial charge >= 0.3 is 23.9 Å². The summed E-state index contributed by atoms with van der Waals surface area (Å²) in [4.78, 5) is 46.2. The molecule has 0 fully saturated rings. The van der Waals surface area contributed by atoms with Crippen molar-refractivity contribution >= 4 is 23.9 Å². The fraction of sp³-hybridized carbons (Fsp3) is 0.0588. The van der Waals surface area contributed by atoms with Gasteiger partial charge in [0.25, 0.3) is 0 Å². The van der Waals surface area contributed by atoms with Gasteiger partial charge in [0.15, 0.2) is 0 Å². The van der Waals surface area contributed by atoms with Crippen LogP contribution in [0.3, 0.4) is 0 Å². The third kappa shape index (κ3) is 2.15. The third-order valence-electron chi connectivity index (χ3n) is 4.07. The highest BCUT2D eigenvalue weighted by Crippen LogP contribution is 2.33. The lowest BCUT2D eigenvalue weighted by molar-refractivity contribution is 0.0425. The van der Waals surface area contributed by atoms with E-state index in [2.05, 4.69) is 9.47 Å². The van der Waals surface area contributed by atoms with Crippen LogP contribution in [0.25, 0.3) is 0 Å². The van der Waals surface area contributed by atoms with Crippen LogP contribution in [0, 0.1) is 0 Å². The number of benzene rings is 2. The van der Waals surface area contributed by atoms with Crippen molar-refractivity contribution in [3.05, 3.63) is 57.6 Å². The molecule has 0 bridgehead atoms. The van der Waals surface area contributed by atoms with Gasteiger partial charge in [-0.05, 0) is 35.4 Å². The number of hydrogen-bond donors (Lipinski definition) is 2. The Hall–Kier alpha value is -3.68. The smallest absolute Gasteiger partial charge is 0.347 e. The number of cyclic esters (lactones) is 4. The van der Waals surface area contributed by atoms with E-state index in [4.69, 9.17) is 0 Å². The van der Waals surface area contributed by atoms with Gasteiger partial charge in [0.2, 0.25) is 0 Å². The molecule has 0 radical (unpaired) electrons. The molecule has 0 aromatic heterocycles.